The van der Waals surface area contributed by atoms with Crippen molar-refractivity contribution < 1.29 is 0 Å². The lowest BCUT2D eigenvalue weighted by Gasteiger charge is -2.39. The first-order valence-corrected chi connectivity index (χ1v) is 8.26. The molecular weight excluding hydrogens is 248 g/mol. The first-order valence-electron chi connectivity index (χ1n) is 6.50. The smallest absolute Gasteiger partial charge is 0.150 e. The number of rotatable bonds is 4. The second-order valence-electron chi connectivity index (χ2n) is 5.10. The van der Waals surface area contributed by atoms with E-state index in [1.165, 1.54) is 17.2 Å². The first kappa shape index (κ1) is 13.4. The van der Waals surface area contributed by atoms with Gasteiger partial charge < -0.3 is 5.32 Å². The van der Waals surface area contributed by atoms with Gasteiger partial charge in [-0.15, -0.1) is 11.3 Å². The normalized spacial score (nSPS) is 33.8. The third-order valence-electron chi connectivity index (χ3n) is 3.50. The van der Waals surface area contributed by atoms with E-state index in [0.717, 1.165) is 18.4 Å². The highest BCUT2D eigenvalue weighted by Gasteiger charge is 2.34. The number of thiazole rings is 1. The van der Waals surface area contributed by atoms with Gasteiger partial charge in [-0.25, -0.2) is 4.98 Å². The van der Waals surface area contributed by atoms with Crippen LogP contribution in [0.2, 0.25) is 0 Å². The van der Waals surface area contributed by atoms with Gasteiger partial charge in [0.2, 0.25) is 0 Å². The quantitative estimate of drug-likeness (QED) is 0.904. The van der Waals surface area contributed by atoms with Gasteiger partial charge in [0, 0.05) is 22.9 Å². The van der Waals surface area contributed by atoms with Crippen molar-refractivity contribution in [3.63, 3.8) is 0 Å². The highest BCUT2D eigenvalue weighted by molar-refractivity contribution is 8.01. The molecule has 1 aromatic rings. The molecule has 0 amide bonds. The van der Waals surface area contributed by atoms with E-state index in [9.17, 15) is 0 Å². The summed E-state index contributed by atoms with van der Waals surface area (Å²) in [5.74, 6) is 1.62. The van der Waals surface area contributed by atoms with E-state index in [4.69, 9.17) is 0 Å². The van der Waals surface area contributed by atoms with E-state index in [-0.39, 0.29) is 0 Å². The van der Waals surface area contributed by atoms with Gasteiger partial charge in [0.15, 0.2) is 0 Å². The number of nitrogens with one attached hydrogen (secondary N) is 1. The molecule has 0 saturated heterocycles. The first-order chi connectivity index (χ1) is 8.20. The molecule has 0 aromatic carbocycles. The SMILES string of the molecule is CCNC1CC(C)CC(C)C1Sc1nccs1. The Kier molecular flexibility index (Phi) is 4.88. The summed E-state index contributed by atoms with van der Waals surface area (Å²) in [6.45, 7) is 8.05. The Bertz CT molecular complexity index is 326. The zero-order valence-corrected chi connectivity index (χ0v) is 12.5. The Balaban J connectivity index is 2.04. The molecule has 1 fully saturated rings. The molecule has 1 N–H and O–H groups in total. The minimum Gasteiger partial charge on any atom is -0.313 e. The molecule has 1 saturated carbocycles. The topological polar surface area (TPSA) is 24.9 Å². The van der Waals surface area contributed by atoms with Crippen molar-refractivity contribution in [2.75, 3.05) is 6.54 Å². The van der Waals surface area contributed by atoms with Gasteiger partial charge >= 0.3 is 0 Å². The molecule has 0 bridgehead atoms. The number of nitrogens with zero attached hydrogens (tertiary/aromatic N) is 1. The Morgan fingerprint density at radius 3 is 2.94 bits per heavy atom. The van der Waals surface area contributed by atoms with Crippen molar-refractivity contribution >= 4 is 23.1 Å². The number of thioether (sulfide) groups is 1. The van der Waals surface area contributed by atoms with Crippen LogP contribution in [0.15, 0.2) is 15.9 Å². The molecule has 1 aliphatic rings. The van der Waals surface area contributed by atoms with Crippen LogP contribution in [0.25, 0.3) is 0 Å². The largest absolute Gasteiger partial charge is 0.313 e. The van der Waals surface area contributed by atoms with E-state index in [2.05, 4.69) is 36.5 Å². The lowest BCUT2D eigenvalue weighted by atomic mass is 9.80. The van der Waals surface area contributed by atoms with E-state index in [1.807, 2.05) is 18.0 Å². The van der Waals surface area contributed by atoms with Crippen LogP contribution in [0.3, 0.4) is 0 Å². The van der Waals surface area contributed by atoms with Crippen molar-refractivity contribution in [2.24, 2.45) is 11.8 Å². The lowest BCUT2D eigenvalue weighted by molar-refractivity contribution is 0.251. The van der Waals surface area contributed by atoms with Crippen molar-refractivity contribution in [2.45, 2.75) is 49.2 Å². The summed E-state index contributed by atoms with van der Waals surface area (Å²) in [6, 6.07) is 0.646. The summed E-state index contributed by atoms with van der Waals surface area (Å²) in [6.07, 6.45) is 4.57. The van der Waals surface area contributed by atoms with Crippen LogP contribution in [0.5, 0.6) is 0 Å². The zero-order chi connectivity index (χ0) is 12.3. The third-order valence-corrected chi connectivity index (χ3v) is 6.02. The molecule has 0 radical (unpaired) electrons. The van der Waals surface area contributed by atoms with Crippen LogP contribution < -0.4 is 5.32 Å². The predicted molar refractivity (Wildman–Crippen MR) is 76.8 cm³/mol. The molecule has 4 heteroatoms. The predicted octanol–water partition coefficient (Wildman–Crippen LogP) is 3.65. The van der Waals surface area contributed by atoms with Crippen molar-refractivity contribution in [3.8, 4) is 0 Å². The Labute approximate surface area is 113 Å². The summed E-state index contributed by atoms with van der Waals surface area (Å²) in [5.41, 5.74) is 0. The average molecular weight is 270 g/mol. The van der Waals surface area contributed by atoms with Gasteiger partial charge in [0.1, 0.15) is 4.34 Å². The number of aromatic nitrogens is 1. The fraction of sp³-hybridized carbons (Fsp3) is 0.769. The Hall–Kier alpha value is -0.0600. The molecule has 2 rings (SSSR count). The van der Waals surface area contributed by atoms with E-state index >= 15 is 0 Å². The van der Waals surface area contributed by atoms with Crippen molar-refractivity contribution in [3.05, 3.63) is 11.6 Å². The van der Waals surface area contributed by atoms with Gasteiger partial charge in [0.05, 0.1) is 0 Å². The van der Waals surface area contributed by atoms with E-state index in [1.54, 1.807) is 11.3 Å². The molecule has 4 atom stereocenters. The van der Waals surface area contributed by atoms with Crippen LogP contribution in [0.4, 0.5) is 0 Å². The molecule has 1 aromatic heterocycles. The minimum absolute atomic E-state index is 0.646. The summed E-state index contributed by atoms with van der Waals surface area (Å²) >= 11 is 3.74. The zero-order valence-electron chi connectivity index (χ0n) is 10.8. The van der Waals surface area contributed by atoms with E-state index < -0.39 is 0 Å². The summed E-state index contributed by atoms with van der Waals surface area (Å²) in [4.78, 5) is 4.41. The fourth-order valence-electron chi connectivity index (χ4n) is 2.87. The van der Waals surface area contributed by atoms with Crippen LogP contribution in [-0.2, 0) is 0 Å². The molecular formula is C13H22N2S2. The molecule has 96 valence electrons. The lowest BCUT2D eigenvalue weighted by Crippen LogP contribution is -2.46. The molecule has 0 spiro atoms. The molecule has 2 nitrogen and oxygen atoms in total. The standard InChI is InChI=1S/C13H22N2S2/c1-4-14-11-8-9(2)7-10(3)12(11)17-13-15-5-6-16-13/h5-6,9-12,14H,4,7-8H2,1-3H3. The average Bonchev–Trinajstić information content (AvgIpc) is 2.76. The van der Waals surface area contributed by atoms with Crippen LogP contribution in [-0.4, -0.2) is 22.8 Å². The van der Waals surface area contributed by atoms with Crippen molar-refractivity contribution in [1.82, 2.24) is 10.3 Å². The molecule has 4 unspecified atom stereocenters. The van der Waals surface area contributed by atoms with Crippen LogP contribution in [0.1, 0.15) is 33.6 Å². The van der Waals surface area contributed by atoms with Crippen LogP contribution >= 0.6 is 23.1 Å². The molecule has 1 aliphatic carbocycles. The number of hydrogen-bond acceptors (Lipinski definition) is 4. The maximum atomic E-state index is 4.41. The van der Waals surface area contributed by atoms with E-state index in [0.29, 0.717) is 11.3 Å². The third kappa shape index (κ3) is 3.46. The fourth-order valence-corrected chi connectivity index (χ4v) is 5.03. The summed E-state index contributed by atoms with van der Waals surface area (Å²) < 4.78 is 1.22. The molecule has 17 heavy (non-hydrogen) atoms. The maximum Gasteiger partial charge on any atom is 0.150 e. The summed E-state index contributed by atoms with van der Waals surface area (Å²) in [7, 11) is 0. The highest BCUT2D eigenvalue weighted by Crippen LogP contribution is 2.40. The molecule has 1 heterocycles. The maximum absolute atomic E-state index is 4.41. The number of hydrogen-bond donors (Lipinski definition) is 1. The van der Waals surface area contributed by atoms with Gasteiger partial charge in [-0.2, -0.15) is 0 Å². The second-order valence-corrected chi connectivity index (χ2v) is 7.42. The Morgan fingerprint density at radius 1 is 1.47 bits per heavy atom. The van der Waals surface area contributed by atoms with Crippen LogP contribution in [0, 0.1) is 11.8 Å². The highest BCUT2D eigenvalue weighted by atomic mass is 32.2. The van der Waals surface area contributed by atoms with Gasteiger partial charge in [0.25, 0.3) is 0 Å². The van der Waals surface area contributed by atoms with Crippen molar-refractivity contribution in [1.29, 1.82) is 0 Å². The minimum atomic E-state index is 0.646. The second kappa shape index (κ2) is 6.21. The monoisotopic (exact) mass is 270 g/mol. The summed E-state index contributed by atoms with van der Waals surface area (Å²) in [5, 5.41) is 6.41. The van der Waals surface area contributed by atoms with Gasteiger partial charge in [-0.05, 0) is 31.2 Å². The van der Waals surface area contributed by atoms with Gasteiger partial charge in [-0.1, -0.05) is 32.5 Å². The van der Waals surface area contributed by atoms with Gasteiger partial charge in [-0.3, -0.25) is 0 Å². The Morgan fingerprint density at radius 2 is 2.29 bits per heavy atom. The molecule has 0 aliphatic heterocycles.